The van der Waals surface area contributed by atoms with Gasteiger partial charge in [-0.05, 0) is 42.5 Å². The van der Waals surface area contributed by atoms with Crippen LogP contribution >= 0.6 is 0 Å². The van der Waals surface area contributed by atoms with Gasteiger partial charge in [0.05, 0.1) is 22.6 Å². The van der Waals surface area contributed by atoms with Crippen LogP contribution in [0.1, 0.15) is 41.4 Å². The Bertz CT molecular complexity index is 1510. The third-order valence-corrected chi connectivity index (χ3v) is 5.77. The Morgan fingerprint density at radius 2 is 1.34 bits per heavy atom. The van der Waals surface area contributed by atoms with Crippen molar-refractivity contribution in [3.05, 3.63) is 119 Å². The van der Waals surface area contributed by atoms with E-state index in [-0.39, 0.29) is 17.0 Å². The fraction of sp³-hybridized carbons (Fsp3) is 0. The third-order valence-electron chi connectivity index (χ3n) is 5.77. The van der Waals surface area contributed by atoms with Gasteiger partial charge in [-0.25, -0.2) is 0 Å². The molecule has 0 saturated heterocycles. The van der Waals surface area contributed by atoms with Gasteiger partial charge in [0.25, 0.3) is 5.91 Å². The number of primary amides is 1. The minimum atomic E-state index is -0.639. The Morgan fingerprint density at radius 3 is 2.11 bits per heavy atom. The average molecular weight is 461 g/mol. The standard InChI is InChI=1S/C28H19N3O4/c29-27(34)19-13-14-24-22(16-19)30-28(35)21-11-4-5-12-23(21)31(24)20-10-6-9-18(15-20)26(33)25(32)17-7-2-1-3-8-17/h1-16H,(H2,29,34)(H,30,35). The first-order chi connectivity index (χ1) is 16.9. The molecule has 0 aliphatic carbocycles. The van der Waals surface area contributed by atoms with E-state index in [2.05, 4.69) is 5.32 Å². The molecule has 0 bridgehead atoms. The molecule has 0 saturated carbocycles. The molecule has 2 amide bonds. The molecule has 1 aliphatic rings. The second kappa shape index (κ2) is 8.72. The van der Waals surface area contributed by atoms with Crippen molar-refractivity contribution in [1.29, 1.82) is 0 Å². The molecule has 0 radical (unpaired) electrons. The van der Waals surface area contributed by atoms with Crippen LogP contribution in [0.2, 0.25) is 0 Å². The summed E-state index contributed by atoms with van der Waals surface area (Å²) >= 11 is 0. The highest BCUT2D eigenvalue weighted by atomic mass is 16.2. The lowest BCUT2D eigenvalue weighted by Crippen LogP contribution is -2.16. The molecular formula is C28H19N3O4. The van der Waals surface area contributed by atoms with Gasteiger partial charge < -0.3 is 16.0 Å². The number of nitrogens with one attached hydrogen (secondary N) is 1. The highest BCUT2D eigenvalue weighted by molar-refractivity contribution is 6.49. The molecule has 0 fully saturated rings. The Morgan fingerprint density at radius 1 is 0.657 bits per heavy atom. The number of ketones is 2. The van der Waals surface area contributed by atoms with Gasteiger partial charge in [-0.1, -0.05) is 54.6 Å². The molecule has 1 aliphatic heterocycles. The van der Waals surface area contributed by atoms with E-state index in [9.17, 15) is 19.2 Å². The van der Waals surface area contributed by atoms with Crippen LogP contribution in [0.5, 0.6) is 0 Å². The molecule has 0 aromatic heterocycles. The minimum Gasteiger partial charge on any atom is -0.366 e. The maximum Gasteiger partial charge on any atom is 0.257 e. The van der Waals surface area contributed by atoms with Gasteiger partial charge in [-0.2, -0.15) is 0 Å². The normalized spacial score (nSPS) is 12.1. The molecular weight excluding hydrogens is 442 g/mol. The number of carbonyl (C=O) groups is 4. The molecule has 170 valence electrons. The number of benzene rings is 4. The van der Waals surface area contributed by atoms with Crippen molar-refractivity contribution in [2.75, 3.05) is 10.2 Å². The fourth-order valence-corrected chi connectivity index (χ4v) is 4.08. The van der Waals surface area contributed by atoms with E-state index in [1.807, 2.05) is 0 Å². The zero-order valence-electron chi connectivity index (χ0n) is 18.4. The zero-order chi connectivity index (χ0) is 24.5. The first kappa shape index (κ1) is 21.8. The molecule has 5 rings (SSSR count). The number of hydrogen-bond acceptors (Lipinski definition) is 5. The number of fused-ring (bicyclic) bond motifs is 2. The summed E-state index contributed by atoms with van der Waals surface area (Å²) in [6.07, 6.45) is 0. The predicted octanol–water partition coefficient (Wildman–Crippen LogP) is 4.89. The van der Waals surface area contributed by atoms with Gasteiger partial charge in [0, 0.05) is 22.4 Å². The second-order valence-electron chi connectivity index (χ2n) is 7.98. The van der Waals surface area contributed by atoms with Crippen LogP contribution in [-0.4, -0.2) is 23.4 Å². The van der Waals surface area contributed by atoms with Crippen molar-refractivity contribution in [3.8, 4) is 0 Å². The quantitative estimate of drug-likeness (QED) is 0.325. The van der Waals surface area contributed by atoms with Crippen molar-refractivity contribution >= 4 is 46.1 Å². The summed E-state index contributed by atoms with van der Waals surface area (Å²) < 4.78 is 0. The van der Waals surface area contributed by atoms with E-state index in [1.54, 1.807) is 95.9 Å². The van der Waals surface area contributed by atoms with Gasteiger partial charge in [-0.15, -0.1) is 0 Å². The zero-order valence-corrected chi connectivity index (χ0v) is 18.4. The monoisotopic (exact) mass is 461 g/mol. The van der Waals surface area contributed by atoms with E-state index in [0.717, 1.165) is 0 Å². The topological polar surface area (TPSA) is 110 Å². The van der Waals surface area contributed by atoms with Crippen LogP contribution in [0.3, 0.4) is 0 Å². The lowest BCUT2D eigenvalue weighted by molar-refractivity contribution is 0.0817. The summed E-state index contributed by atoms with van der Waals surface area (Å²) in [4.78, 5) is 52.3. The summed E-state index contributed by atoms with van der Waals surface area (Å²) in [7, 11) is 0. The van der Waals surface area contributed by atoms with Crippen molar-refractivity contribution in [1.82, 2.24) is 0 Å². The van der Waals surface area contributed by atoms with E-state index < -0.39 is 17.5 Å². The summed E-state index contributed by atoms with van der Waals surface area (Å²) in [5.41, 5.74) is 8.72. The lowest BCUT2D eigenvalue weighted by atomic mass is 10.0. The first-order valence-corrected chi connectivity index (χ1v) is 10.8. The van der Waals surface area contributed by atoms with Gasteiger partial charge in [0.2, 0.25) is 17.5 Å². The number of nitrogens with zero attached hydrogens (tertiary/aromatic N) is 1. The Hall–Kier alpha value is -5.04. The number of rotatable bonds is 5. The number of hydrogen-bond donors (Lipinski definition) is 2. The van der Waals surface area contributed by atoms with E-state index >= 15 is 0 Å². The highest BCUT2D eigenvalue weighted by Gasteiger charge is 2.28. The second-order valence-corrected chi connectivity index (χ2v) is 7.98. The average Bonchev–Trinajstić information content (AvgIpc) is 3.01. The molecule has 1 heterocycles. The molecule has 0 spiro atoms. The smallest absolute Gasteiger partial charge is 0.257 e. The largest absolute Gasteiger partial charge is 0.366 e. The predicted molar refractivity (Wildman–Crippen MR) is 133 cm³/mol. The molecule has 7 nitrogen and oxygen atoms in total. The molecule has 35 heavy (non-hydrogen) atoms. The van der Waals surface area contributed by atoms with Crippen molar-refractivity contribution < 1.29 is 19.2 Å². The number of carbonyl (C=O) groups excluding carboxylic acids is 4. The third kappa shape index (κ3) is 3.95. The van der Waals surface area contributed by atoms with Crippen LogP contribution in [-0.2, 0) is 0 Å². The molecule has 3 N–H and O–H groups in total. The minimum absolute atomic E-state index is 0.215. The summed E-state index contributed by atoms with van der Waals surface area (Å²) in [5.74, 6) is -2.22. The Kier molecular flexibility index (Phi) is 5.43. The molecule has 4 aromatic carbocycles. The van der Waals surface area contributed by atoms with Crippen molar-refractivity contribution in [2.45, 2.75) is 0 Å². The van der Waals surface area contributed by atoms with Crippen molar-refractivity contribution in [2.24, 2.45) is 5.73 Å². The Labute approximate surface area is 200 Å². The van der Waals surface area contributed by atoms with Crippen LogP contribution in [0.4, 0.5) is 22.7 Å². The number of anilines is 4. The Balaban J connectivity index is 1.65. The first-order valence-electron chi connectivity index (χ1n) is 10.8. The van der Waals surface area contributed by atoms with Crippen molar-refractivity contribution in [3.63, 3.8) is 0 Å². The van der Waals surface area contributed by atoms with Gasteiger partial charge in [0.15, 0.2) is 0 Å². The summed E-state index contributed by atoms with van der Waals surface area (Å²) in [6, 6.07) is 26.8. The molecule has 0 unspecified atom stereocenters. The molecule has 4 aromatic rings. The van der Waals surface area contributed by atoms with E-state index in [1.165, 1.54) is 6.07 Å². The SMILES string of the molecule is NC(=O)c1ccc2c(c1)NC(=O)c1ccccc1N2c1cccc(C(=O)C(=O)c2ccccc2)c1. The van der Waals surface area contributed by atoms with Crippen LogP contribution in [0.25, 0.3) is 0 Å². The lowest BCUT2D eigenvalue weighted by Gasteiger charge is -2.26. The van der Waals surface area contributed by atoms with Gasteiger partial charge >= 0.3 is 0 Å². The summed E-state index contributed by atoms with van der Waals surface area (Å²) in [5, 5.41) is 2.84. The molecule has 7 heteroatoms. The number of Topliss-reactive ketones (excluding diaryl/α,β-unsaturated/α-hetero) is 2. The maximum atomic E-state index is 13.0. The highest BCUT2D eigenvalue weighted by Crippen LogP contribution is 2.43. The van der Waals surface area contributed by atoms with Crippen LogP contribution < -0.4 is 16.0 Å². The van der Waals surface area contributed by atoms with Gasteiger partial charge in [0.1, 0.15) is 0 Å². The number of para-hydroxylation sites is 1. The fourth-order valence-electron chi connectivity index (χ4n) is 4.08. The van der Waals surface area contributed by atoms with Crippen LogP contribution in [0, 0.1) is 0 Å². The number of amides is 2. The van der Waals surface area contributed by atoms with Gasteiger partial charge in [-0.3, -0.25) is 19.2 Å². The van der Waals surface area contributed by atoms with E-state index in [4.69, 9.17) is 5.73 Å². The maximum absolute atomic E-state index is 13.0. The molecule has 0 atom stereocenters. The van der Waals surface area contributed by atoms with Crippen LogP contribution in [0.15, 0.2) is 97.1 Å². The van der Waals surface area contributed by atoms with E-state index in [0.29, 0.717) is 33.9 Å². The number of nitrogens with two attached hydrogens (primary N) is 1. The summed E-state index contributed by atoms with van der Waals surface area (Å²) in [6.45, 7) is 0.